The van der Waals surface area contributed by atoms with Crippen LogP contribution in [0.1, 0.15) is 37.0 Å². The number of carbonyl (C=O) groups is 1. The van der Waals surface area contributed by atoms with Crippen LogP contribution in [-0.2, 0) is 4.74 Å². The number of piperidine rings is 1. The third-order valence-corrected chi connectivity index (χ3v) is 4.20. The highest BCUT2D eigenvalue weighted by molar-refractivity contribution is 6.33. The van der Waals surface area contributed by atoms with E-state index in [0.717, 1.165) is 25.9 Å². The van der Waals surface area contributed by atoms with Gasteiger partial charge in [0.2, 0.25) is 0 Å². The number of quaternary nitrogens is 1. The number of hydrogen-bond donors (Lipinski definition) is 1. The van der Waals surface area contributed by atoms with Gasteiger partial charge >= 0.3 is 5.97 Å². The monoisotopic (exact) mass is 282 g/mol. The molecule has 1 saturated heterocycles. The van der Waals surface area contributed by atoms with Crippen LogP contribution in [0, 0.1) is 5.92 Å². The van der Waals surface area contributed by atoms with E-state index in [2.05, 4.69) is 5.32 Å². The lowest BCUT2D eigenvalue weighted by molar-refractivity contribution is -0.665. The van der Waals surface area contributed by atoms with Gasteiger partial charge in [-0.25, -0.2) is 4.79 Å². The summed E-state index contributed by atoms with van der Waals surface area (Å²) in [4.78, 5) is 12.2. The summed E-state index contributed by atoms with van der Waals surface area (Å²) in [6.07, 6.45) is 2.17. The number of nitrogens with two attached hydrogens (primary N) is 1. The van der Waals surface area contributed by atoms with Gasteiger partial charge in [-0.1, -0.05) is 23.7 Å². The van der Waals surface area contributed by atoms with E-state index in [4.69, 9.17) is 16.3 Å². The van der Waals surface area contributed by atoms with Crippen molar-refractivity contribution in [3.05, 3.63) is 34.9 Å². The molecule has 1 aromatic rings. The van der Waals surface area contributed by atoms with Gasteiger partial charge in [-0.15, -0.1) is 0 Å². The third kappa shape index (κ3) is 3.48. The molecule has 0 aliphatic carbocycles. The maximum absolute atomic E-state index is 12.2. The largest absolute Gasteiger partial charge is 0.456 e. The van der Waals surface area contributed by atoms with Crippen molar-refractivity contribution in [1.82, 2.24) is 0 Å². The summed E-state index contributed by atoms with van der Waals surface area (Å²) < 4.78 is 5.71. The van der Waals surface area contributed by atoms with E-state index in [1.54, 1.807) is 24.3 Å². The lowest BCUT2D eigenvalue weighted by Gasteiger charge is -2.35. The van der Waals surface area contributed by atoms with Gasteiger partial charge in [0.15, 0.2) is 0 Å². The van der Waals surface area contributed by atoms with Crippen LogP contribution >= 0.6 is 11.6 Å². The van der Waals surface area contributed by atoms with Gasteiger partial charge in [0.25, 0.3) is 0 Å². The number of carbonyl (C=O) groups excluding carboxylic acids is 1. The average Bonchev–Trinajstić information content (AvgIpc) is 2.39. The molecule has 2 N–H and O–H groups in total. The Hall–Kier alpha value is -1.06. The highest BCUT2D eigenvalue weighted by atomic mass is 35.5. The first kappa shape index (κ1) is 14.4. The highest BCUT2D eigenvalue weighted by Gasteiger charge is 2.35. The molecule has 104 valence electrons. The van der Waals surface area contributed by atoms with Crippen LogP contribution in [0.25, 0.3) is 0 Å². The highest BCUT2D eigenvalue weighted by Crippen LogP contribution is 2.29. The third-order valence-electron chi connectivity index (χ3n) is 3.87. The van der Waals surface area contributed by atoms with Gasteiger partial charge in [0.1, 0.15) is 5.60 Å². The van der Waals surface area contributed by atoms with E-state index in [1.807, 2.05) is 13.8 Å². The normalized spacial score (nSPS) is 17.2. The van der Waals surface area contributed by atoms with Crippen molar-refractivity contribution in [2.75, 3.05) is 13.1 Å². The molecule has 0 amide bonds. The topological polar surface area (TPSA) is 42.9 Å². The first-order valence-corrected chi connectivity index (χ1v) is 7.18. The number of halogens is 1. The van der Waals surface area contributed by atoms with Gasteiger partial charge in [0, 0.05) is 18.8 Å². The van der Waals surface area contributed by atoms with E-state index < -0.39 is 5.60 Å². The Labute approximate surface area is 119 Å². The molecule has 0 unspecified atom stereocenters. The smallest absolute Gasteiger partial charge is 0.340 e. The van der Waals surface area contributed by atoms with Gasteiger partial charge in [-0.3, -0.25) is 0 Å². The molecular weight excluding hydrogens is 262 g/mol. The zero-order valence-electron chi connectivity index (χ0n) is 11.5. The summed E-state index contributed by atoms with van der Waals surface area (Å²) >= 11 is 6.03. The Morgan fingerprint density at radius 2 is 1.95 bits per heavy atom. The van der Waals surface area contributed by atoms with Crippen LogP contribution in [-0.4, -0.2) is 24.7 Å². The molecule has 1 aliphatic heterocycles. The van der Waals surface area contributed by atoms with Crippen molar-refractivity contribution in [3.63, 3.8) is 0 Å². The zero-order valence-corrected chi connectivity index (χ0v) is 12.2. The minimum Gasteiger partial charge on any atom is -0.456 e. The predicted octanol–water partition coefficient (Wildman–Crippen LogP) is 2.25. The van der Waals surface area contributed by atoms with Crippen molar-refractivity contribution in [3.8, 4) is 0 Å². The Morgan fingerprint density at radius 3 is 2.58 bits per heavy atom. The molecule has 1 aromatic carbocycles. The quantitative estimate of drug-likeness (QED) is 0.864. The van der Waals surface area contributed by atoms with Gasteiger partial charge in [-0.05, 0) is 26.0 Å². The van der Waals surface area contributed by atoms with Crippen molar-refractivity contribution in [2.24, 2.45) is 5.92 Å². The summed E-state index contributed by atoms with van der Waals surface area (Å²) in [5.74, 6) is 0.0918. The maximum atomic E-state index is 12.2. The lowest BCUT2D eigenvalue weighted by Crippen LogP contribution is -2.86. The van der Waals surface area contributed by atoms with Crippen LogP contribution in [0.3, 0.4) is 0 Å². The Morgan fingerprint density at radius 1 is 1.32 bits per heavy atom. The molecule has 0 atom stereocenters. The molecule has 0 saturated carbocycles. The molecule has 0 aromatic heterocycles. The molecule has 0 radical (unpaired) electrons. The van der Waals surface area contributed by atoms with Crippen molar-refractivity contribution >= 4 is 17.6 Å². The number of esters is 1. The fourth-order valence-electron chi connectivity index (χ4n) is 2.63. The fraction of sp³-hybridized carbons (Fsp3) is 0.533. The molecule has 1 heterocycles. The van der Waals surface area contributed by atoms with E-state index in [1.165, 1.54) is 0 Å². The Balaban J connectivity index is 2.07. The molecule has 1 aliphatic rings. The SMILES string of the molecule is CC(C)(OC(=O)c1ccccc1Cl)C1CC[NH2+]CC1. The maximum Gasteiger partial charge on any atom is 0.340 e. The van der Waals surface area contributed by atoms with Gasteiger partial charge in [0.05, 0.1) is 23.7 Å². The number of rotatable bonds is 3. The van der Waals surface area contributed by atoms with Crippen LogP contribution in [0.15, 0.2) is 24.3 Å². The minimum atomic E-state index is -0.440. The van der Waals surface area contributed by atoms with Gasteiger partial charge in [-0.2, -0.15) is 0 Å². The summed E-state index contributed by atoms with van der Waals surface area (Å²) in [6.45, 7) is 6.21. The number of ether oxygens (including phenoxy) is 1. The second-order valence-electron chi connectivity index (χ2n) is 5.61. The van der Waals surface area contributed by atoms with Crippen LogP contribution in [0.2, 0.25) is 5.02 Å². The standard InChI is InChI=1S/C15H20ClNO2/c1-15(2,11-7-9-17-10-8-11)19-14(18)12-5-3-4-6-13(12)16/h3-6,11,17H,7-10H2,1-2H3/p+1. The van der Waals surface area contributed by atoms with E-state index in [-0.39, 0.29) is 5.97 Å². The summed E-state index contributed by atoms with van der Waals surface area (Å²) in [5.41, 5.74) is 0.00412. The molecule has 4 heteroatoms. The summed E-state index contributed by atoms with van der Waals surface area (Å²) in [5, 5.41) is 2.75. The molecule has 3 nitrogen and oxygen atoms in total. The van der Waals surface area contributed by atoms with E-state index in [9.17, 15) is 4.79 Å². The van der Waals surface area contributed by atoms with E-state index in [0.29, 0.717) is 16.5 Å². The van der Waals surface area contributed by atoms with Crippen LogP contribution in [0.5, 0.6) is 0 Å². The Bertz CT molecular complexity index is 453. The minimum absolute atomic E-state index is 0.329. The average molecular weight is 283 g/mol. The van der Waals surface area contributed by atoms with Crippen LogP contribution < -0.4 is 5.32 Å². The summed E-state index contributed by atoms with van der Waals surface area (Å²) in [7, 11) is 0. The molecule has 0 spiro atoms. The van der Waals surface area contributed by atoms with Crippen LogP contribution in [0.4, 0.5) is 0 Å². The zero-order chi connectivity index (χ0) is 13.9. The lowest BCUT2D eigenvalue weighted by atomic mass is 9.83. The van der Waals surface area contributed by atoms with E-state index >= 15 is 0 Å². The first-order valence-electron chi connectivity index (χ1n) is 6.80. The molecular formula is C15H21ClNO2+. The number of benzene rings is 1. The van der Waals surface area contributed by atoms with Crippen molar-refractivity contribution in [1.29, 1.82) is 0 Å². The van der Waals surface area contributed by atoms with Gasteiger partial charge < -0.3 is 10.1 Å². The molecule has 2 rings (SSSR count). The van der Waals surface area contributed by atoms with Crippen molar-refractivity contribution < 1.29 is 14.8 Å². The second-order valence-corrected chi connectivity index (χ2v) is 6.02. The predicted molar refractivity (Wildman–Crippen MR) is 75.3 cm³/mol. The van der Waals surface area contributed by atoms with Crippen molar-refractivity contribution in [2.45, 2.75) is 32.3 Å². The second kappa shape index (κ2) is 5.93. The molecule has 1 fully saturated rings. The Kier molecular flexibility index (Phi) is 4.48. The fourth-order valence-corrected chi connectivity index (χ4v) is 2.84. The summed E-state index contributed by atoms with van der Waals surface area (Å²) in [6, 6.07) is 7.02. The first-order chi connectivity index (χ1) is 9.00. The molecule has 0 bridgehead atoms. The molecule has 19 heavy (non-hydrogen) atoms. The number of hydrogen-bond acceptors (Lipinski definition) is 2.